The van der Waals surface area contributed by atoms with Crippen LogP contribution in [0.15, 0.2) is 163 Å². The molecule has 10 rings (SSSR count). The number of hydrogen-bond acceptors (Lipinski definition) is 4. The Balaban J connectivity index is 1.31. The van der Waals surface area contributed by atoms with Crippen LogP contribution in [0.25, 0.3) is 97.8 Å². The predicted molar refractivity (Wildman–Crippen MR) is 207 cm³/mol. The lowest BCUT2D eigenvalue weighted by Crippen LogP contribution is -2.00. The highest BCUT2D eigenvalue weighted by Gasteiger charge is 2.15. The van der Waals surface area contributed by atoms with Crippen LogP contribution in [0.5, 0.6) is 0 Å². The van der Waals surface area contributed by atoms with Crippen molar-refractivity contribution >= 4 is 63.8 Å². The third-order valence-corrected chi connectivity index (χ3v) is 9.47. The van der Waals surface area contributed by atoms with Gasteiger partial charge in [0, 0.05) is 36.9 Å². The number of aromatic nitrogens is 3. The summed E-state index contributed by atoms with van der Waals surface area (Å²) in [4.78, 5) is 14.2. The molecule has 0 aliphatic heterocycles. The number of thiophene rings is 1. The van der Waals surface area contributed by atoms with Gasteiger partial charge in [0.15, 0.2) is 17.5 Å². The van der Waals surface area contributed by atoms with E-state index in [4.69, 9.17) is 30.0 Å². The van der Waals surface area contributed by atoms with Gasteiger partial charge in [0.05, 0.1) is 20.6 Å². The summed E-state index contributed by atoms with van der Waals surface area (Å²) < 4.78 is 137. The highest BCUT2D eigenvalue weighted by Crippen LogP contribution is 2.39. The fourth-order valence-electron chi connectivity index (χ4n) is 6.06. The zero-order valence-electron chi connectivity index (χ0n) is 40.2. The van der Waals surface area contributed by atoms with Crippen LogP contribution in [0.4, 0.5) is 0 Å². The average molecular weight is 657 g/mol. The maximum Gasteiger partial charge on any atom is 0.164 e. The Labute approximate surface area is 307 Å². The summed E-state index contributed by atoms with van der Waals surface area (Å²) in [7, 11) is 0. The third kappa shape index (κ3) is 4.68. The lowest BCUT2D eigenvalue weighted by atomic mass is 9.92. The highest BCUT2D eigenvalue weighted by molar-refractivity contribution is 7.25. The molecule has 2 aromatic heterocycles. The van der Waals surface area contributed by atoms with Crippen molar-refractivity contribution in [1.29, 1.82) is 0 Å². The summed E-state index contributed by atoms with van der Waals surface area (Å²) in [6.45, 7) is 0. The second-order valence-electron chi connectivity index (χ2n) is 11.2. The summed E-state index contributed by atoms with van der Waals surface area (Å²) in [5.41, 5.74) is -0.277. The smallest absolute Gasteiger partial charge is 0.164 e. The molecule has 49 heavy (non-hydrogen) atoms. The molecule has 0 spiro atoms. The van der Waals surface area contributed by atoms with Crippen molar-refractivity contribution in [2.24, 2.45) is 0 Å². The summed E-state index contributed by atoms with van der Waals surface area (Å²) >= 11 is 1.58. The topological polar surface area (TPSA) is 38.7 Å². The molecule has 4 heteroatoms. The second-order valence-corrected chi connectivity index (χ2v) is 12.3. The Morgan fingerprint density at radius 3 is 1.69 bits per heavy atom. The number of hydrogen-bond donors (Lipinski definition) is 0. The molecule has 10 aromatic rings. The molecule has 8 aromatic carbocycles. The Hall–Kier alpha value is -6.23. The van der Waals surface area contributed by atoms with Crippen molar-refractivity contribution in [3.05, 3.63) is 163 Å². The Morgan fingerprint density at radius 1 is 0.367 bits per heavy atom. The molecule has 0 aliphatic rings. The minimum absolute atomic E-state index is 0.164. The van der Waals surface area contributed by atoms with Crippen LogP contribution >= 0.6 is 11.3 Å². The van der Waals surface area contributed by atoms with Gasteiger partial charge in [-0.3, -0.25) is 0 Å². The van der Waals surface area contributed by atoms with E-state index in [-0.39, 0.29) is 55.4 Å². The minimum atomic E-state index is -0.769. The number of rotatable bonds is 4. The van der Waals surface area contributed by atoms with Crippen LogP contribution in [0.1, 0.15) is 20.6 Å². The quantitative estimate of drug-likeness (QED) is 0.177. The molecule has 0 atom stereocenters. The molecule has 0 bridgehead atoms. The van der Waals surface area contributed by atoms with Crippen molar-refractivity contribution in [3.63, 3.8) is 0 Å². The van der Waals surface area contributed by atoms with Gasteiger partial charge in [-0.1, -0.05) is 139 Å². The first-order valence-corrected chi connectivity index (χ1v) is 16.0. The molecule has 2 heterocycles. The Morgan fingerprint density at radius 2 is 0.939 bits per heavy atom. The van der Waals surface area contributed by atoms with Crippen LogP contribution in [0.3, 0.4) is 0 Å². The number of nitrogens with zero attached hydrogens (tertiary/aromatic N) is 3. The summed E-state index contributed by atoms with van der Waals surface area (Å²) in [5.74, 6) is 0.109. The van der Waals surface area contributed by atoms with Gasteiger partial charge in [-0.05, 0) is 67.7 Å². The molecule has 0 unspecified atom stereocenters. The molecule has 0 fully saturated rings. The van der Waals surface area contributed by atoms with Crippen LogP contribution in [0.2, 0.25) is 0 Å². The van der Waals surface area contributed by atoms with Gasteiger partial charge < -0.3 is 0 Å². The Kier molecular flexibility index (Phi) is 3.82. The van der Waals surface area contributed by atoms with E-state index in [9.17, 15) is 5.48 Å². The molecule has 0 radical (unpaired) electrons. The monoisotopic (exact) mass is 656 g/mol. The molecule has 3 nitrogen and oxygen atoms in total. The summed E-state index contributed by atoms with van der Waals surface area (Å²) in [6, 6.07) is 12.2. The molecule has 0 amide bonds. The Bertz CT molecular complexity index is 3700. The maximum absolute atomic E-state index is 9.71. The van der Waals surface area contributed by atoms with Gasteiger partial charge >= 0.3 is 0 Å². The standard InChI is InChI=1S/C45H27N3S/c1-2-11-28(12-3-1)43-46-44(48-45(47-43)32-22-24-39-38-19-8-9-20-41(38)49-42(39)27-32)31-14-10-13-29(25-31)30-21-23-37-35-17-5-4-15-33(35)34-16-6-7-18-36(34)40(37)26-30/h1-27H/i4D,5D,6D,7D,10D,13D,14D,15D,16D,17D,18D,21D,23D,25D,26D. The largest absolute Gasteiger partial charge is 0.208 e. The van der Waals surface area contributed by atoms with Crippen LogP contribution in [-0.4, -0.2) is 15.0 Å². The molecule has 0 saturated carbocycles. The van der Waals surface area contributed by atoms with Crippen LogP contribution in [-0.2, 0) is 0 Å². The fraction of sp³-hybridized carbons (Fsp3) is 0. The maximum atomic E-state index is 9.71. The zero-order chi connectivity index (χ0) is 45.4. The van der Waals surface area contributed by atoms with Crippen molar-refractivity contribution in [3.8, 4) is 45.3 Å². The van der Waals surface area contributed by atoms with Gasteiger partial charge in [-0.15, -0.1) is 11.3 Å². The third-order valence-electron chi connectivity index (χ3n) is 8.34. The second kappa shape index (κ2) is 11.2. The fourth-order valence-corrected chi connectivity index (χ4v) is 7.21. The van der Waals surface area contributed by atoms with E-state index in [0.717, 1.165) is 20.2 Å². The van der Waals surface area contributed by atoms with Gasteiger partial charge in [0.25, 0.3) is 0 Å². The molecule has 0 N–H and O–H groups in total. The molecular weight excluding hydrogens is 615 g/mol. The number of benzene rings is 8. The molecule has 228 valence electrons. The van der Waals surface area contributed by atoms with E-state index in [0.29, 0.717) is 11.1 Å². The van der Waals surface area contributed by atoms with E-state index in [1.165, 1.54) is 0 Å². The van der Waals surface area contributed by atoms with E-state index in [2.05, 4.69) is 0 Å². The lowest BCUT2D eigenvalue weighted by molar-refractivity contribution is 1.07. The summed E-state index contributed by atoms with van der Waals surface area (Å²) in [5, 5.41) is -0.0507. The summed E-state index contributed by atoms with van der Waals surface area (Å²) in [6.07, 6.45) is 0. The molecule has 0 saturated heterocycles. The first kappa shape index (κ1) is 16.7. The SMILES string of the molecule is [2H]c1c([2H])c(-c2nc(-c3ccccc3)nc(-c3ccc4c(c3)sc3ccccc34)n2)c([2H])c(-c2c([2H])c([2H])c3c4c([2H])c([2H])c([2H])c([2H])c4c4c([2H])c([2H])c([2H])c([2H])c4c3c2[2H])c1[2H]. The minimum Gasteiger partial charge on any atom is -0.208 e. The average Bonchev–Trinajstić information content (AvgIpc) is 3.68. The van der Waals surface area contributed by atoms with Crippen LogP contribution in [0, 0.1) is 0 Å². The van der Waals surface area contributed by atoms with E-state index >= 15 is 0 Å². The molecule has 0 aliphatic carbocycles. The first-order chi connectivity index (χ1) is 30.5. The lowest BCUT2D eigenvalue weighted by Gasteiger charge is -2.13. The first-order valence-electron chi connectivity index (χ1n) is 22.7. The van der Waals surface area contributed by atoms with Gasteiger partial charge in [-0.2, -0.15) is 0 Å². The van der Waals surface area contributed by atoms with Crippen molar-refractivity contribution < 1.29 is 20.6 Å². The zero-order valence-corrected chi connectivity index (χ0v) is 26.0. The van der Waals surface area contributed by atoms with Crippen molar-refractivity contribution in [2.45, 2.75) is 0 Å². The van der Waals surface area contributed by atoms with Crippen LogP contribution < -0.4 is 0 Å². The van der Waals surface area contributed by atoms with Gasteiger partial charge in [0.2, 0.25) is 0 Å². The molecular formula is C45H27N3S. The van der Waals surface area contributed by atoms with Crippen molar-refractivity contribution in [1.82, 2.24) is 15.0 Å². The predicted octanol–water partition coefficient (Wildman–Crippen LogP) is 12.4. The van der Waals surface area contributed by atoms with E-state index in [1.54, 1.807) is 35.6 Å². The van der Waals surface area contributed by atoms with Gasteiger partial charge in [-0.25, -0.2) is 15.0 Å². The normalized spacial score (nSPS) is 16.0. The highest BCUT2D eigenvalue weighted by atomic mass is 32.1. The van der Waals surface area contributed by atoms with E-state index < -0.39 is 102 Å². The van der Waals surface area contributed by atoms with Gasteiger partial charge in [0.1, 0.15) is 0 Å². The number of fused-ring (bicyclic) bond motifs is 9. The van der Waals surface area contributed by atoms with Crippen molar-refractivity contribution in [2.75, 3.05) is 0 Å². The van der Waals surface area contributed by atoms with E-state index in [1.807, 2.05) is 48.5 Å².